The Kier molecular flexibility index (Phi) is 5.17. The molecule has 7 nitrogen and oxygen atoms in total. The minimum atomic E-state index is -0.413. The molecule has 5 rings (SSSR count). The number of ether oxygens (including phenoxy) is 1. The van der Waals surface area contributed by atoms with Crippen molar-refractivity contribution in [1.29, 1.82) is 0 Å². The van der Waals surface area contributed by atoms with Gasteiger partial charge in [0, 0.05) is 35.8 Å². The molecule has 0 unspecified atom stereocenters. The molecule has 0 saturated heterocycles. The number of rotatable bonds is 7. The molecule has 32 heavy (non-hydrogen) atoms. The highest BCUT2D eigenvalue weighted by Gasteiger charge is 2.13. The van der Waals surface area contributed by atoms with Crippen molar-refractivity contribution in [2.45, 2.75) is 26.7 Å². The van der Waals surface area contributed by atoms with E-state index in [1.165, 1.54) is 34.2 Å². The molecular formula is C25H22N4O3. The molecule has 7 heteroatoms. The van der Waals surface area contributed by atoms with Crippen LogP contribution < -0.4 is 0 Å². The van der Waals surface area contributed by atoms with Crippen LogP contribution in [-0.4, -0.2) is 19.5 Å². The lowest BCUT2D eigenvalue weighted by molar-refractivity contribution is -0.384. The van der Waals surface area contributed by atoms with Crippen LogP contribution in [0.5, 0.6) is 0 Å². The summed E-state index contributed by atoms with van der Waals surface area (Å²) in [6.45, 7) is 3.66. The molecule has 0 bridgehead atoms. The number of fused-ring (bicyclic) bond motifs is 2. The zero-order chi connectivity index (χ0) is 22.1. The fraction of sp³-hybridized carbons (Fsp3) is 0.160. The highest BCUT2D eigenvalue weighted by molar-refractivity contribution is 5.86. The third kappa shape index (κ3) is 3.86. The van der Waals surface area contributed by atoms with Crippen LogP contribution in [0.4, 0.5) is 5.69 Å². The van der Waals surface area contributed by atoms with Gasteiger partial charge in [-0.3, -0.25) is 10.1 Å². The van der Waals surface area contributed by atoms with Gasteiger partial charge in [-0.05, 0) is 24.1 Å². The Morgan fingerprint density at radius 2 is 1.91 bits per heavy atom. The molecular weight excluding hydrogens is 404 g/mol. The maximum atomic E-state index is 11.0. The predicted molar refractivity (Wildman–Crippen MR) is 123 cm³/mol. The Morgan fingerprint density at radius 1 is 1.06 bits per heavy atom. The van der Waals surface area contributed by atoms with Crippen molar-refractivity contribution >= 4 is 27.6 Å². The number of hydrogen-bond donors (Lipinski definition) is 1. The van der Waals surface area contributed by atoms with Gasteiger partial charge in [-0.15, -0.1) is 0 Å². The van der Waals surface area contributed by atoms with Gasteiger partial charge in [-0.1, -0.05) is 48.5 Å². The summed E-state index contributed by atoms with van der Waals surface area (Å²) >= 11 is 0. The van der Waals surface area contributed by atoms with Gasteiger partial charge in [0.2, 0.25) is 0 Å². The number of nitro benzene ring substituents is 1. The van der Waals surface area contributed by atoms with Gasteiger partial charge in [0.25, 0.3) is 5.69 Å². The molecule has 0 fully saturated rings. The summed E-state index contributed by atoms with van der Waals surface area (Å²) in [4.78, 5) is 18.1. The molecule has 0 aliphatic carbocycles. The number of H-pyrrole nitrogens is 1. The van der Waals surface area contributed by atoms with E-state index in [0.717, 1.165) is 12.1 Å². The second kappa shape index (κ2) is 8.28. The van der Waals surface area contributed by atoms with Crippen LogP contribution in [0.2, 0.25) is 0 Å². The van der Waals surface area contributed by atoms with E-state index in [4.69, 9.17) is 4.74 Å². The third-order valence-corrected chi connectivity index (χ3v) is 5.60. The van der Waals surface area contributed by atoms with Crippen LogP contribution in [-0.2, 0) is 24.5 Å². The monoisotopic (exact) mass is 426 g/mol. The molecule has 2 aromatic heterocycles. The largest absolute Gasteiger partial charge is 0.369 e. The van der Waals surface area contributed by atoms with Crippen molar-refractivity contribution in [1.82, 2.24) is 14.5 Å². The molecule has 0 atom stereocenters. The molecule has 5 aromatic rings. The number of para-hydroxylation sites is 1. The van der Waals surface area contributed by atoms with Crippen molar-refractivity contribution in [2.24, 2.45) is 0 Å². The summed E-state index contributed by atoms with van der Waals surface area (Å²) in [5.41, 5.74) is 6.16. The molecule has 3 aromatic carbocycles. The van der Waals surface area contributed by atoms with Gasteiger partial charge in [0.05, 0.1) is 28.1 Å². The normalized spacial score (nSPS) is 11.4. The molecule has 0 aliphatic rings. The summed E-state index contributed by atoms with van der Waals surface area (Å²) < 4.78 is 8.26. The first kappa shape index (κ1) is 20.0. The number of aryl methyl sites for hydroxylation is 1. The Hall–Kier alpha value is -3.97. The molecule has 0 amide bonds. The molecule has 160 valence electrons. The van der Waals surface area contributed by atoms with Gasteiger partial charge in [-0.25, -0.2) is 4.98 Å². The van der Waals surface area contributed by atoms with Crippen molar-refractivity contribution in [3.63, 3.8) is 0 Å². The lowest BCUT2D eigenvalue weighted by atomic mass is 10.1. The second-order valence-corrected chi connectivity index (χ2v) is 7.87. The number of aromatic amines is 1. The standard InChI is InChI=1S/C25H22N4O3/c1-17-6-5-9-21-19(14-28(25(17)21)13-18-7-3-2-4-8-18)15-32-16-24-26-22-11-10-20(29(30)31)12-23(22)27-24/h2-12,14H,13,15-16H2,1H3,(H,26,27). The number of aromatic nitrogens is 3. The second-order valence-electron chi connectivity index (χ2n) is 7.87. The number of nitrogens with one attached hydrogen (secondary N) is 1. The Labute approximate surface area is 184 Å². The molecule has 0 aliphatic heterocycles. The number of imidazole rings is 1. The third-order valence-electron chi connectivity index (χ3n) is 5.60. The minimum absolute atomic E-state index is 0.0372. The number of non-ortho nitro benzene ring substituents is 1. The van der Waals surface area contributed by atoms with Crippen LogP contribution in [0.25, 0.3) is 21.9 Å². The predicted octanol–water partition coefficient (Wildman–Crippen LogP) is 5.50. The van der Waals surface area contributed by atoms with Crippen LogP contribution in [0, 0.1) is 17.0 Å². The number of hydrogen-bond acceptors (Lipinski definition) is 4. The van der Waals surface area contributed by atoms with Crippen LogP contribution in [0.1, 0.15) is 22.5 Å². The summed E-state index contributed by atoms with van der Waals surface area (Å²) in [6.07, 6.45) is 2.16. The smallest absolute Gasteiger partial charge is 0.271 e. The molecule has 2 heterocycles. The van der Waals surface area contributed by atoms with Crippen LogP contribution in [0.15, 0.2) is 72.9 Å². The first-order valence-electron chi connectivity index (χ1n) is 10.4. The molecule has 0 spiro atoms. The highest BCUT2D eigenvalue weighted by atomic mass is 16.6. The molecule has 1 N–H and O–H groups in total. The first-order chi connectivity index (χ1) is 15.6. The van der Waals surface area contributed by atoms with E-state index >= 15 is 0 Å². The zero-order valence-electron chi connectivity index (χ0n) is 17.6. The maximum absolute atomic E-state index is 11.0. The van der Waals surface area contributed by atoms with E-state index in [1.807, 2.05) is 6.07 Å². The Morgan fingerprint density at radius 3 is 2.72 bits per heavy atom. The van der Waals surface area contributed by atoms with E-state index in [9.17, 15) is 10.1 Å². The number of nitrogens with zero attached hydrogens (tertiary/aromatic N) is 3. The zero-order valence-corrected chi connectivity index (χ0v) is 17.6. The van der Waals surface area contributed by atoms with Gasteiger partial charge >= 0.3 is 0 Å². The van der Waals surface area contributed by atoms with E-state index in [1.54, 1.807) is 6.07 Å². The van der Waals surface area contributed by atoms with E-state index in [-0.39, 0.29) is 5.69 Å². The van der Waals surface area contributed by atoms with Gasteiger partial charge in [0.1, 0.15) is 12.4 Å². The van der Waals surface area contributed by atoms with Crippen molar-refractivity contribution in [3.05, 3.63) is 106 Å². The summed E-state index contributed by atoms with van der Waals surface area (Å²) in [5, 5.41) is 12.2. The summed E-state index contributed by atoms with van der Waals surface area (Å²) in [6, 6.07) is 21.3. The fourth-order valence-corrected chi connectivity index (χ4v) is 4.13. The highest BCUT2D eigenvalue weighted by Crippen LogP contribution is 2.26. The van der Waals surface area contributed by atoms with Crippen molar-refractivity contribution in [2.75, 3.05) is 0 Å². The Balaban J connectivity index is 1.36. The van der Waals surface area contributed by atoms with Crippen molar-refractivity contribution < 1.29 is 9.66 Å². The van der Waals surface area contributed by atoms with E-state index in [0.29, 0.717) is 30.1 Å². The Bertz CT molecular complexity index is 1420. The van der Waals surface area contributed by atoms with Gasteiger partial charge in [0.15, 0.2) is 0 Å². The molecule has 0 saturated carbocycles. The lowest BCUT2D eigenvalue weighted by Crippen LogP contribution is -1.99. The quantitative estimate of drug-likeness (QED) is 0.275. The van der Waals surface area contributed by atoms with Crippen LogP contribution in [0.3, 0.4) is 0 Å². The van der Waals surface area contributed by atoms with E-state index in [2.05, 4.69) is 70.1 Å². The van der Waals surface area contributed by atoms with E-state index < -0.39 is 4.92 Å². The van der Waals surface area contributed by atoms with Gasteiger partial charge < -0.3 is 14.3 Å². The topological polar surface area (TPSA) is 86.0 Å². The number of nitro groups is 1. The fourth-order valence-electron chi connectivity index (χ4n) is 4.13. The number of benzene rings is 3. The van der Waals surface area contributed by atoms with Crippen molar-refractivity contribution in [3.8, 4) is 0 Å². The summed E-state index contributed by atoms with van der Waals surface area (Å²) in [7, 11) is 0. The van der Waals surface area contributed by atoms with Gasteiger partial charge in [-0.2, -0.15) is 0 Å². The maximum Gasteiger partial charge on any atom is 0.271 e. The molecule has 0 radical (unpaired) electrons. The average Bonchev–Trinajstić information content (AvgIpc) is 3.36. The lowest BCUT2D eigenvalue weighted by Gasteiger charge is -2.07. The van der Waals surface area contributed by atoms with Crippen LogP contribution >= 0.6 is 0 Å². The first-order valence-corrected chi connectivity index (χ1v) is 10.4. The summed E-state index contributed by atoms with van der Waals surface area (Å²) in [5.74, 6) is 0.643. The average molecular weight is 426 g/mol. The minimum Gasteiger partial charge on any atom is -0.369 e. The SMILES string of the molecule is Cc1cccc2c(COCc3nc4ccc([N+](=O)[O-])cc4[nH]3)cn(Cc3ccccc3)c12.